The van der Waals surface area contributed by atoms with Gasteiger partial charge in [-0.3, -0.25) is 18.6 Å². The second kappa shape index (κ2) is 9.10. The van der Waals surface area contributed by atoms with Crippen molar-refractivity contribution in [2.45, 2.75) is 29.0 Å². The summed E-state index contributed by atoms with van der Waals surface area (Å²) in [6.07, 6.45) is 0.296. The normalized spacial score (nSPS) is 19.4. The number of rotatable bonds is 7. The number of hydrogen-bond acceptors (Lipinski definition) is 6. The third-order valence-corrected chi connectivity index (χ3v) is 9.16. The van der Waals surface area contributed by atoms with Gasteiger partial charge in [0.2, 0.25) is 15.9 Å². The van der Waals surface area contributed by atoms with Crippen LogP contribution in [-0.4, -0.2) is 33.4 Å². The van der Waals surface area contributed by atoms with Crippen LogP contribution in [0.1, 0.15) is 34.7 Å². The molecule has 0 radical (unpaired) electrons. The average molecular weight is 513 g/mol. The molecule has 0 spiro atoms. The first-order valence-electron chi connectivity index (χ1n) is 10.9. The lowest BCUT2D eigenvalue weighted by Crippen LogP contribution is -2.30. The molecule has 2 atom stereocenters. The Morgan fingerprint density at radius 3 is 2.34 bits per heavy atom. The van der Waals surface area contributed by atoms with Crippen molar-refractivity contribution in [3.63, 3.8) is 0 Å². The van der Waals surface area contributed by atoms with Crippen molar-refractivity contribution in [1.82, 2.24) is 19.4 Å². The lowest BCUT2D eigenvalue weighted by atomic mass is 10.0. The number of aromatic amines is 1. The molecule has 11 heteroatoms. The summed E-state index contributed by atoms with van der Waals surface area (Å²) >= 11 is 0. The number of nitrogens with zero attached hydrogens (tertiary/aromatic N) is 1. The molecule has 1 aromatic heterocycles. The van der Waals surface area contributed by atoms with Crippen LogP contribution in [0.5, 0.6) is 0 Å². The molecule has 1 aliphatic heterocycles. The summed E-state index contributed by atoms with van der Waals surface area (Å²) in [5.74, 6) is 0.0777. The highest BCUT2D eigenvalue weighted by Crippen LogP contribution is 2.56. The third kappa shape index (κ3) is 4.95. The van der Waals surface area contributed by atoms with Crippen LogP contribution in [0, 0.1) is 0 Å². The van der Waals surface area contributed by atoms with Gasteiger partial charge < -0.3 is 4.98 Å². The van der Waals surface area contributed by atoms with Gasteiger partial charge in [0.1, 0.15) is 11.1 Å². The fourth-order valence-electron chi connectivity index (χ4n) is 4.16. The number of sulfonamides is 1. The number of amides is 1. The molecular weight excluding hydrogens is 488 g/mol. The minimum Gasteiger partial charge on any atom is -0.341 e. The van der Waals surface area contributed by atoms with Crippen molar-refractivity contribution >= 4 is 37.7 Å². The van der Waals surface area contributed by atoms with Crippen LogP contribution >= 0.6 is 10.8 Å². The van der Waals surface area contributed by atoms with Crippen molar-refractivity contribution in [3.8, 4) is 0 Å². The molecule has 0 saturated carbocycles. The number of benzene rings is 3. The Morgan fingerprint density at radius 1 is 1.00 bits per heavy atom. The van der Waals surface area contributed by atoms with Crippen molar-refractivity contribution in [1.29, 1.82) is 0 Å². The Balaban J connectivity index is 1.45. The van der Waals surface area contributed by atoms with Crippen LogP contribution < -0.4 is 9.44 Å². The predicted molar refractivity (Wildman–Crippen MR) is 134 cm³/mol. The monoisotopic (exact) mass is 512 g/mol. The summed E-state index contributed by atoms with van der Waals surface area (Å²) in [6, 6.07) is 22.0. The Hall–Kier alpha value is -3.22. The molecule has 3 aromatic carbocycles. The maximum atomic E-state index is 13.1. The number of carbonyl (C=O) groups excluding carboxylic acids is 1. The van der Waals surface area contributed by atoms with Gasteiger partial charge in [-0.05, 0) is 41.8 Å². The first-order valence-corrected chi connectivity index (χ1v) is 14.0. The molecule has 4 aromatic rings. The Labute approximate surface area is 204 Å². The SMILES string of the molecule is O=C1CC(c2ccc(C[C@H](NS(=O)(=O)c3ccccc3)c3nc4ccccc4[nH]3)cc2)S(O)(O)N1. The van der Waals surface area contributed by atoms with E-state index >= 15 is 0 Å². The third-order valence-electron chi connectivity index (χ3n) is 5.91. The van der Waals surface area contributed by atoms with Gasteiger partial charge >= 0.3 is 0 Å². The van der Waals surface area contributed by atoms with E-state index in [-0.39, 0.29) is 11.3 Å². The number of imidazole rings is 1. The average Bonchev–Trinajstić information content (AvgIpc) is 3.39. The maximum absolute atomic E-state index is 13.1. The van der Waals surface area contributed by atoms with Gasteiger partial charge in [0.15, 0.2) is 0 Å². The molecule has 1 unspecified atom stereocenters. The lowest BCUT2D eigenvalue weighted by Gasteiger charge is -2.32. The van der Waals surface area contributed by atoms with Crippen molar-refractivity contribution in [2.24, 2.45) is 0 Å². The standard InChI is InChI=1S/C24H24N4O5S2/c29-23-15-22(35(32,33)28-23)17-12-10-16(11-13-17)14-21(24-25-19-8-4-5-9-20(19)26-24)27-34(30,31)18-6-2-1-3-7-18/h1-13,21-22,27,32-33H,14-15H2,(H,25,26)(H,28,29)/t21-,22?/m0/s1. The summed E-state index contributed by atoms with van der Waals surface area (Å²) in [7, 11) is -7.07. The highest BCUT2D eigenvalue weighted by molar-refractivity contribution is 8.23. The smallest absolute Gasteiger partial charge is 0.241 e. The predicted octanol–water partition coefficient (Wildman–Crippen LogP) is 4.05. The van der Waals surface area contributed by atoms with Crippen LogP contribution in [0.15, 0.2) is 83.8 Å². The quantitative estimate of drug-likeness (QED) is 0.253. The highest BCUT2D eigenvalue weighted by Gasteiger charge is 2.38. The van der Waals surface area contributed by atoms with Gasteiger partial charge in [-0.15, -0.1) is 10.8 Å². The topological polar surface area (TPSA) is 144 Å². The fraction of sp³-hybridized carbons (Fsp3) is 0.167. The van der Waals surface area contributed by atoms with E-state index in [1.54, 1.807) is 42.5 Å². The number of aromatic nitrogens is 2. The number of fused-ring (bicyclic) bond motifs is 1. The molecule has 1 saturated heterocycles. The number of hydrogen-bond donors (Lipinski definition) is 5. The zero-order chi connectivity index (χ0) is 24.6. The van der Waals surface area contributed by atoms with E-state index in [4.69, 9.17) is 0 Å². The largest absolute Gasteiger partial charge is 0.341 e. The summed E-state index contributed by atoms with van der Waals surface area (Å²) in [5, 5.41) is -0.716. The highest BCUT2D eigenvalue weighted by atomic mass is 32.3. The van der Waals surface area contributed by atoms with E-state index in [0.29, 0.717) is 17.8 Å². The van der Waals surface area contributed by atoms with Crippen molar-refractivity contribution in [2.75, 3.05) is 0 Å². The Kier molecular flexibility index (Phi) is 6.11. The second-order valence-electron chi connectivity index (χ2n) is 8.38. The van der Waals surface area contributed by atoms with Crippen molar-refractivity contribution in [3.05, 3.63) is 95.8 Å². The van der Waals surface area contributed by atoms with Crippen LogP contribution in [0.3, 0.4) is 0 Å². The molecule has 35 heavy (non-hydrogen) atoms. The zero-order valence-corrected chi connectivity index (χ0v) is 20.1. The lowest BCUT2D eigenvalue weighted by molar-refractivity contribution is -0.118. The van der Waals surface area contributed by atoms with Crippen LogP contribution in [-0.2, 0) is 21.2 Å². The minimum absolute atomic E-state index is 0.000163. The van der Waals surface area contributed by atoms with Gasteiger partial charge in [-0.25, -0.2) is 18.1 Å². The van der Waals surface area contributed by atoms with Gasteiger partial charge in [0, 0.05) is 0 Å². The Morgan fingerprint density at radius 2 is 1.69 bits per heavy atom. The molecule has 5 N–H and O–H groups in total. The molecule has 1 fully saturated rings. The molecule has 0 bridgehead atoms. The molecule has 2 heterocycles. The summed E-state index contributed by atoms with van der Waals surface area (Å²) in [6.45, 7) is 0. The second-order valence-corrected chi connectivity index (χ2v) is 12.1. The Bertz CT molecular complexity index is 1440. The van der Waals surface area contributed by atoms with E-state index < -0.39 is 38.0 Å². The number of carbonyl (C=O) groups is 1. The van der Waals surface area contributed by atoms with Crippen LogP contribution in [0.2, 0.25) is 0 Å². The van der Waals surface area contributed by atoms with Crippen LogP contribution in [0.25, 0.3) is 11.0 Å². The van der Waals surface area contributed by atoms with Crippen LogP contribution in [0.4, 0.5) is 0 Å². The van der Waals surface area contributed by atoms with Gasteiger partial charge in [-0.1, -0.05) is 54.6 Å². The summed E-state index contributed by atoms with van der Waals surface area (Å²) in [4.78, 5) is 19.6. The molecule has 9 nitrogen and oxygen atoms in total. The van der Waals surface area contributed by atoms with E-state index in [2.05, 4.69) is 19.4 Å². The number of para-hydroxylation sites is 2. The molecule has 5 rings (SSSR count). The minimum atomic E-state index is -3.83. The molecular formula is C24H24N4O5S2. The van der Waals surface area contributed by atoms with E-state index in [9.17, 15) is 22.3 Å². The zero-order valence-electron chi connectivity index (χ0n) is 18.5. The first kappa shape index (κ1) is 23.5. The molecule has 1 aliphatic rings. The number of H-pyrrole nitrogens is 1. The number of nitrogens with one attached hydrogen (secondary N) is 3. The summed E-state index contributed by atoms with van der Waals surface area (Å²) in [5.41, 5.74) is 2.96. The van der Waals surface area contributed by atoms with E-state index in [0.717, 1.165) is 16.6 Å². The summed E-state index contributed by atoms with van der Waals surface area (Å²) < 4.78 is 51.5. The van der Waals surface area contributed by atoms with Gasteiger partial charge in [-0.2, -0.15) is 0 Å². The molecule has 0 aliphatic carbocycles. The van der Waals surface area contributed by atoms with Gasteiger partial charge in [0.05, 0.1) is 28.4 Å². The van der Waals surface area contributed by atoms with Gasteiger partial charge in [0.25, 0.3) is 0 Å². The van der Waals surface area contributed by atoms with E-state index in [1.165, 1.54) is 12.1 Å². The fourth-order valence-corrected chi connectivity index (χ4v) is 6.87. The van der Waals surface area contributed by atoms with Crippen molar-refractivity contribution < 1.29 is 22.3 Å². The maximum Gasteiger partial charge on any atom is 0.241 e. The van der Waals surface area contributed by atoms with E-state index in [1.807, 2.05) is 24.3 Å². The molecule has 1 amide bonds. The molecule has 182 valence electrons. The first-order chi connectivity index (χ1) is 16.7.